The van der Waals surface area contributed by atoms with E-state index >= 15 is 0 Å². The van der Waals surface area contributed by atoms with E-state index in [1.165, 1.54) is 17.8 Å². The Hall–Kier alpha value is -4.31. The topological polar surface area (TPSA) is 145 Å². The fraction of sp³-hybridized carbons (Fsp3) is 0.250. The van der Waals surface area contributed by atoms with E-state index in [0.717, 1.165) is 11.0 Å². The number of hydrogen-bond acceptors (Lipinski definition) is 8. The van der Waals surface area contributed by atoms with Crippen molar-refractivity contribution in [2.24, 2.45) is 10.2 Å². The predicted octanol–water partition coefficient (Wildman–Crippen LogP) is 3.40. The van der Waals surface area contributed by atoms with Crippen LogP contribution in [0, 0.1) is 29.6 Å². The summed E-state index contributed by atoms with van der Waals surface area (Å²) >= 11 is 0. The molecule has 3 aromatic heterocycles. The van der Waals surface area contributed by atoms with E-state index in [1.807, 2.05) is 19.1 Å². The minimum absolute atomic E-state index is 0.0432. The normalized spacial score (nSPS) is 10.8. The maximum Gasteiger partial charge on any atom is 0.281 e. The summed E-state index contributed by atoms with van der Waals surface area (Å²) in [5.74, 6) is 0.138. The molecule has 0 aliphatic rings. The van der Waals surface area contributed by atoms with Crippen molar-refractivity contribution in [1.29, 1.82) is 10.5 Å². The molecule has 0 aromatic carbocycles. The van der Waals surface area contributed by atoms with E-state index in [2.05, 4.69) is 20.3 Å². The smallest absolute Gasteiger partial charge is 0.281 e. The minimum atomic E-state index is -0.566. The van der Waals surface area contributed by atoms with Crippen LogP contribution < -0.4 is 5.56 Å². The van der Waals surface area contributed by atoms with Crippen LogP contribution in [-0.4, -0.2) is 24.4 Å². The maximum atomic E-state index is 12.9. The van der Waals surface area contributed by atoms with Gasteiger partial charge in [-0.3, -0.25) is 9.36 Å². The molecule has 0 atom stereocenters. The van der Waals surface area contributed by atoms with Crippen LogP contribution in [0.25, 0.3) is 5.82 Å². The molecule has 1 N–H and O–H groups in total. The minimum Gasteiger partial charge on any atom is -0.493 e. The molecule has 0 unspecified atom stereocenters. The molecule has 10 nitrogen and oxygen atoms in total. The number of unbranched alkanes of at least 4 members (excludes halogenated alkanes) is 1. The zero-order valence-electron chi connectivity index (χ0n) is 16.4. The third kappa shape index (κ3) is 3.66. The highest BCUT2D eigenvalue weighted by Gasteiger charge is 2.20. The lowest BCUT2D eigenvalue weighted by Gasteiger charge is -2.12. The molecule has 0 saturated carbocycles. The Bertz CT molecular complexity index is 1240. The summed E-state index contributed by atoms with van der Waals surface area (Å²) in [6.07, 6.45) is 4.34. The van der Waals surface area contributed by atoms with Crippen LogP contribution in [0.2, 0.25) is 0 Å². The second kappa shape index (κ2) is 8.80. The number of nitriles is 2. The Morgan fingerprint density at radius 2 is 2.03 bits per heavy atom. The van der Waals surface area contributed by atoms with Crippen molar-refractivity contribution in [3.8, 4) is 23.8 Å². The Kier molecular flexibility index (Phi) is 5.99. The molecule has 0 radical (unpaired) electrons. The van der Waals surface area contributed by atoms with E-state index in [9.17, 15) is 20.4 Å². The van der Waals surface area contributed by atoms with Gasteiger partial charge >= 0.3 is 0 Å². The first kappa shape index (κ1) is 20.4. The van der Waals surface area contributed by atoms with Gasteiger partial charge in [0, 0.05) is 18.3 Å². The van der Waals surface area contributed by atoms with Gasteiger partial charge in [0.05, 0.1) is 6.20 Å². The second-order valence-electron chi connectivity index (χ2n) is 6.39. The molecule has 3 aromatic rings. The van der Waals surface area contributed by atoms with Crippen LogP contribution in [-0.2, 0) is 6.54 Å². The monoisotopic (exact) mass is 402 g/mol. The van der Waals surface area contributed by atoms with Crippen molar-refractivity contribution in [1.82, 2.24) is 19.3 Å². The Labute approximate surface area is 172 Å². The molecule has 0 amide bonds. The molecule has 0 fully saturated rings. The molecular formula is C20H18N8O2. The van der Waals surface area contributed by atoms with Gasteiger partial charge in [-0.1, -0.05) is 19.4 Å². The van der Waals surface area contributed by atoms with Gasteiger partial charge < -0.3 is 5.11 Å². The number of aromatic nitrogens is 4. The first-order valence-corrected chi connectivity index (χ1v) is 9.21. The quantitative estimate of drug-likeness (QED) is 0.625. The molecule has 3 rings (SSSR count). The standard InChI is InChI=1S/C20H18N8O2/c1-3-4-9-27-19(29)15(11-22)13(2)17(20(27)30)25-26-18-14(10-21)12-24-28(18)16-7-5-6-8-23-16/h5-8,12,29H,3-4,9H2,1-2H3. The first-order valence-electron chi connectivity index (χ1n) is 9.21. The number of hydrogen-bond donors (Lipinski definition) is 1. The molecule has 0 bridgehead atoms. The fourth-order valence-electron chi connectivity index (χ4n) is 2.84. The number of aromatic hydroxyl groups is 1. The summed E-state index contributed by atoms with van der Waals surface area (Å²) in [4.78, 5) is 17.1. The number of pyridine rings is 2. The molecule has 0 saturated heterocycles. The summed E-state index contributed by atoms with van der Waals surface area (Å²) < 4.78 is 2.45. The van der Waals surface area contributed by atoms with E-state index in [0.29, 0.717) is 12.2 Å². The van der Waals surface area contributed by atoms with Crippen LogP contribution >= 0.6 is 0 Å². The Morgan fingerprint density at radius 3 is 2.67 bits per heavy atom. The lowest BCUT2D eigenvalue weighted by molar-refractivity contribution is 0.399. The molecular weight excluding hydrogens is 384 g/mol. The van der Waals surface area contributed by atoms with Crippen molar-refractivity contribution in [2.75, 3.05) is 0 Å². The third-order valence-corrected chi connectivity index (χ3v) is 4.48. The van der Waals surface area contributed by atoms with Gasteiger partial charge in [0.25, 0.3) is 5.56 Å². The van der Waals surface area contributed by atoms with Gasteiger partial charge in [-0.25, -0.2) is 4.98 Å². The zero-order valence-corrected chi connectivity index (χ0v) is 16.4. The fourth-order valence-corrected chi connectivity index (χ4v) is 2.84. The largest absolute Gasteiger partial charge is 0.493 e. The Morgan fingerprint density at radius 1 is 1.23 bits per heavy atom. The van der Waals surface area contributed by atoms with Crippen LogP contribution in [0.4, 0.5) is 11.5 Å². The van der Waals surface area contributed by atoms with Crippen molar-refractivity contribution >= 4 is 11.5 Å². The molecule has 0 aliphatic carbocycles. The predicted molar refractivity (Wildman–Crippen MR) is 107 cm³/mol. The number of azo groups is 1. The summed E-state index contributed by atoms with van der Waals surface area (Å²) in [6, 6.07) is 9.07. The van der Waals surface area contributed by atoms with Gasteiger partial charge in [0.1, 0.15) is 23.3 Å². The van der Waals surface area contributed by atoms with Gasteiger partial charge in [-0.05, 0) is 25.5 Å². The Balaban J connectivity index is 2.16. The maximum absolute atomic E-state index is 12.9. The van der Waals surface area contributed by atoms with Gasteiger partial charge in [-0.2, -0.15) is 20.3 Å². The summed E-state index contributed by atoms with van der Waals surface area (Å²) in [7, 11) is 0. The highest BCUT2D eigenvalue weighted by atomic mass is 16.3. The number of nitrogens with zero attached hydrogens (tertiary/aromatic N) is 8. The molecule has 0 spiro atoms. The van der Waals surface area contributed by atoms with Crippen LogP contribution in [0.1, 0.15) is 36.5 Å². The molecule has 0 aliphatic heterocycles. The van der Waals surface area contributed by atoms with Gasteiger partial charge in [0.15, 0.2) is 17.3 Å². The van der Waals surface area contributed by atoms with E-state index in [-0.39, 0.29) is 40.6 Å². The lowest BCUT2D eigenvalue weighted by atomic mass is 10.1. The summed E-state index contributed by atoms with van der Waals surface area (Å²) in [5.41, 5.74) is -0.341. The van der Waals surface area contributed by atoms with Gasteiger partial charge in [-0.15, -0.1) is 10.2 Å². The zero-order chi connectivity index (χ0) is 21.7. The molecule has 30 heavy (non-hydrogen) atoms. The van der Waals surface area contributed by atoms with E-state index in [1.54, 1.807) is 24.4 Å². The average molecular weight is 402 g/mol. The van der Waals surface area contributed by atoms with Crippen molar-refractivity contribution in [3.63, 3.8) is 0 Å². The van der Waals surface area contributed by atoms with E-state index in [4.69, 9.17) is 0 Å². The second-order valence-corrected chi connectivity index (χ2v) is 6.39. The van der Waals surface area contributed by atoms with Crippen LogP contribution in [0.3, 0.4) is 0 Å². The molecule has 150 valence electrons. The molecule has 3 heterocycles. The van der Waals surface area contributed by atoms with Crippen LogP contribution in [0.15, 0.2) is 45.6 Å². The first-order chi connectivity index (χ1) is 14.5. The summed E-state index contributed by atoms with van der Waals surface area (Å²) in [5, 5.41) is 41.4. The molecule has 10 heteroatoms. The van der Waals surface area contributed by atoms with Crippen molar-refractivity contribution in [2.45, 2.75) is 33.2 Å². The highest BCUT2D eigenvalue weighted by molar-refractivity contribution is 5.57. The third-order valence-electron chi connectivity index (χ3n) is 4.48. The van der Waals surface area contributed by atoms with Gasteiger partial charge in [0.2, 0.25) is 5.88 Å². The number of rotatable bonds is 6. The summed E-state index contributed by atoms with van der Waals surface area (Å²) in [6.45, 7) is 3.71. The lowest BCUT2D eigenvalue weighted by Crippen LogP contribution is -2.22. The van der Waals surface area contributed by atoms with E-state index < -0.39 is 5.56 Å². The highest BCUT2D eigenvalue weighted by Crippen LogP contribution is 2.28. The SMILES string of the molecule is CCCCn1c(O)c(C#N)c(C)c(N=Nc2c(C#N)cnn2-c2ccccn2)c1=O. The van der Waals surface area contributed by atoms with Crippen molar-refractivity contribution in [3.05, 3.63) is 57.6 Å². The van der Waals surface area contributed by atoms with Crippen molar-refractivity contribution < 1.29 is 5.11 Å². The van der Waals surface area contributed by atoms with Crippen LogP contribution in [0.5, 0.6) is 5.88 Å². The average Bonchev–Trinajstić information content (AvgIpc) is 3.17.